The Balaban J connectivity index is 3.13. The number of hydrogen-bond donors (Lipinski definition) is 1. The summed E-state index contributed by atoms with van der Waals surface area (Å²) in [5, 5.41) is 2.70. The average Bonchev–Trinajstić information content (AvgIpc) is 2.24. The highest BCUT2D eigenvalue weighted by molar-refractivity contribution is 8.13. The van der Waals surface area contributed by atoms with Crippen molar-refractivity contribution in [3.8, 4) is 0 Å². The molecule has 1 N–H and O–H groups in total. The SMILES string of the molecule is Cc1cc(C)c(S(=O)(=O)Cl)cc1C(=O)NC(C)CS(C)=O. The van der Waals surface area contributed by atoms with Gasteiger partial charge in [-0.25, -0.2) is 8.42 Å². The largest absolute Gasteiger partial charge is 0.349 e. The van der Waals surface area contributed by atoms with E-state index in [-0.39, 0.29) is 16.5 Å². The van der Waals surface area contributed by atoms with Gasteiger partial charge in [-0.15, -0.1) is 0 Å². The molecule has 2 atom stereocenters. The number of amides is 1. The maximum atomic E-state index is 12.2. The number of benzene rings is 1. The molecule has 0 aliphatic rings. The summed E-state index contributed by atoms with van der Waals surface area (Å²) < 4.78 is 34.1. The second kappa shape index (κ2) is 6.89. The van der Waals surface area contributed by atoms with Crippen LogP contribution in [0.1, 0.15) is 28.4 Å². The van der Waals surface area contributed by atoms with E-state index in [1.54, 1.807) is 33.1 Å². The fourth-order valence-corrected chi connectivity index (χ4v) is 4.02. The van der Waals surface area contributed by atoms with Crippen molar-refractivity contribution >= 4 is 36.4 Å². The lowest BCUT2D eigenvalue weighted by atomic mass is 10.0. The van der Waals surface area contributed by atoms with Crippen LogP contribution in [0.5, 0.6) is 0 Å². The average molecular weight is 352 g/mol. The van der Waals surface area contributed by atoms with Crippen LogP contribution in [0.25, 0.3) is 0 Å². The van der Waals surface area contributed by atoms with Gasteiger partial charge in [0.2, 0.25) is 0 Å². The summed E-state index contributed by atoms with van der Waals surface area (Å²) in [6.07, 6.45) is 1.55. The van der Waals surface area contributed by atoms with Gasteiger partial charge in [-0.05, 0) is 38.0 Å². The van der Waals surface area contributed by atoms with Crippen LogP contribution in [0.3, 0.4) is 0 Å². The predicted molar refractivity (Wildman–Crippen MR) is 84.8 cm³/mol. The van der Waals surface area contributed by atoms with E-state index in [1.165, 1.54) is 6.07 Å². The Kier molecular flexibility index (Phi) is 5.95. The first-order valence-electron chi connectivity index (χ1n) is 6.19. The number of hydrogen-bond acceptors (Lipinski definition) is 4. The molecule has 1 amide bonds. The van der Waals surface area contributed by atoms with Crippen molar-refractivity contribution in [1.29, 1.82) is 0 Å². The standard InChI is InChI=1S/C13H18ClNO4S2/c1-8-5-9(2)12(21(14,18)19)6-11(8)13(16)15-10(3)7-20(4)17/h5-6,10H,7H2,1-4H3,(H,15,16). The zero-order valence-corrected chi connectivity index (χ0v) is 14.7. The van der Waals surface area contributed by atoms with Crippen LogP contribution in [0.2, 0.25) is 0 Å². The summed E-state index contributed by atoms with van der Waals surface area (Å²) in [5.74, 6) is -0.0795. The van der Waals surface area contributed by atoms with Gasteiger partial charge in [0.1, 0.15) is 0 Å². The second-order valence-corrected chi connectivity index (χ2v) is 9.00. The second-order valence-electron chi connectivity index (χ2n) is 4.98. The Morgan fingerprint density at radius 2 is 1.90 bits per heavy atom. The summed E-state index contributed by atoms with van der Waals surface area (Å²) in [6.45, 7) is 5.07. The van der Waals surface area contributed by atoms with Crippen molar-refractivity contribution in [3.63, 3.8) is 0 Å². The van der Waals surface area contributed by atoms with Gasteiger partial charge in [-0.1, -0.05) is 6.07 Å². The van der Waals surface area contributed by atoms with Crippen LogP contribution in [-0.4, -0.2) is 36.6 Å². The molecular formula is C13H18ClNO4S2. The van der Waals surface area contributed by atoms with Gasteiger partial charge in [0, 0.05) is 45.1 Å². The molecule has 0 heterocycles. The number of carbonyl (C=O) groups is 1. The molecule has 5 nitrogen and oxygen atoms in total. The van der Waals surface area contributed by atoms with Crippen molar-refractivity contribution < 1.29 is 17.4 Å². The summed E-state index contributed by atoms with van der Waals surface area (Å²) in [6, 6.07) is 2.60. The van der Waals surface area contributed by atoms with Crippen molar-refractivity contribution in [2.75, 3.05) is 12.0 Å². The van der Waals surface area contributed by atoms with Crippen molar-refractivity contribution in [3.05, 3.63) is 28.8 Å². The molecule has 1 rings (SSSR count). The zero-order valence-electron chi connectivity index (χ0n) is 12.3. The summed E-state index contributed by atoms with van der Waals surface area (Å²) in [5.41, 5.74) is 1.38. The Labute approximate surface area is 132 Å². The monoisotopic (exact) mass is 351 g/mol. The number of aryl methyl sites for hydroxylation is 2. The van der Waals surface area contributed by atoms with E-state index in [4.69, 9.17) is 10.7 Å². The summed E-state index contributed by atoms with van der Waals surface area (Å²) in [7, 11) is 0.430. The fraction of sp³-hybridized carbons (Fsp3) is 0.462. The third-order valence-corrected chi connectivity index (χ3v) is 5.32. The van der Waals surface area contributed by atoms with Gasteiger partial charge < -0.3 is 5.32 Å². The van der Waals surface area contributed by atoms with E-state index in [0.29, 0.717) is 16.9 Å². The molecule has 0 radical (unpaired) electrons. The van der Waals surface area contributed by atoms with Crippen LogP contribution < -0.4 is 5.32 Å². The molecule has 2 unspecified atom stereocenters. The molecule has 0 saturated carbocycles. The minimum Gasteiger partial charge on any atom is -0.349 e. The lowest BCUT2D eigenvalue weighted by Crippen LogP contribution is -2.36. The lowest BCUT2D eigenvalue weighted by Gasteiger charge is -2.15. The first-order valence-corrected chi connectivity index (χ1v) is 10.2. The molecular weight excluding hydrogens is 334 g/mol. The number of nitrogens with one attached hydrogen (secondary N) is 1. The minimum absolute atomic E-state index is 0.0772. The van der Waals surface area contributed by atoms with Gasteiger partial charge in [0.15, 0.2) is 0 Å². The Morgan fingerprint density at radius 1 is 1.33 bits per heavy atom. The normalized spacial score (nSPS) is 14.5. The minimum atomic E-state index is -3.91. The first-order chi connectivity index (χ1) is 9.52. The maximum Gasteiger partial charge on any atom is 0.261 e. The molecule has 0 aliphatic heterocycles. The Hall–Kier alpha value is -0.920. The Morgan fingerprint density at radius 3 is 2.38 bits per heavy atom. The third-order valence-electron chi connectivity index (χ3n) is 2.89. The van der Waals surface area contributed by atoms with E-state index in [9.17, 15) is 17.4 Å². The highest BCUT2D eigenvalue weighted by Crippen LogP contribution is 2.23. The third kappa shape index (κ3) is 5.09. The maximum absolute atomic E-state index is 12.2. The van der Waals surface area contributed by atoms with Gasteiger partial charge in [0.25, 0.3) is 15.0 Å². The van der Waals surface area contributed by atoms with E-state index in [1.807, 2.05) is 0 Å². The molecule has 0 aliphatic carbocycles. The molecule has 0 fully saturated rings. The molecule has 0 bridgehead atoms. The molecule has 21 heavy (non-hydrogen) atoms. The van der Waals surface area contributed by atoms with Crippen molar-refractivity contribution in [2.45, 2.75) is 31.7 Å². The van der Waals surface area contributed by atoms with Gasteiger partial charge in [-0.2, -0.15) is 0 Å². The quantitative estimate of drug-likeness (QED) is 0.819. The fourth-order valence-electron chi connectivity index (χ4n) is 2.03. The predicted octanol–water partition coefficient (Wildman–Crippen LogP) is 1.73. The van der Waals surface area contributed by atoms with Crippen LogP contribution >= 0.6 is 10.7 Å². The van der Waals surface area contributed by atoms with E-state index in [0.717, 1.165) is 0 Å². The van der Waals surface area contributed by atoms with Crippen molar-refractivity contribution in [2.24, 2.45) is 0 Å². The highest BCUT2D eigenvalue weighted by atomic mass is 35.7. The number of carbonyl (C=O) groups excluding carboxylic acids is 1. The lowest BCUT2D eigenvalue weighted by molar-refractivity contribution is 0.0943. The van der Waals surface area contributed by atoms with E-state index >= 15 is 0 Å². The van der Waals surface area contributed by atoms with Crippen LogP contribution in [0.4, 0.5) is 0 Å². The zero-order chi connectivity index (χ0) is 16.4. The Bertz CT molecular complexity index is 686. The molecule has 1 aromatic carbocycles. The molecule has 0 saturated heterocycles. The van der Waals surface area contributed by atoms with Crippen LogP contribution in [0, 0.1) is 13.8 Å². The molecule has 118 valence electrons. The molecule has 0 spiro atoms. The van der Waals surface area contributed by atoms with E-state index < -0.39 is 25.8 Å². The topological polar surface area (TPSA) is 80.3 Å². The van der Waals surface area contributed by atoms with Gasteiger partial charge in [-0.3, -0.25) is 9.00 Å². The highest BCUT2D eigenvalue weighted by Gasteiger charge is 2.20. The number of rotatable bonds is 5. The summed E-state index contributed by atoms with van der Waals surface area (Å²) in [4.78, 5) is 12.1. The first kappa shape index (κ1) is 18.1. The van der Waals surface area contributed by atoms with Crippen LogP contribution in [-0.2, 0) is 19.9 Å². The van der Waals surface area contributed by atoms with Gasteiger partial charge in [0.05, 0.1) is 4.90 Å². The van der Waals surface area contributed by atoms with Crippen LogP contribution in [0.15, 0.2) is 17.0 Å². The summed E-state index contributed by atoms with van der Waals surface area (Å²) >= 11 is 0. The van der Waals surface area contributed by atoms with Crippen molar-refractivity contribution in [1.82, 2.24) is 5.32 Å². The molecule has 0 aromatic heterocycles. The van der Waals surface area contributed by atoms with E-state index in [2.05, 4.69) is 5.32 Å². The smallest absolute Gasteiger partial charge is 0.261 e. The molecule has 1 aromatic rings. The van der Waals surface area contributed by atoms with Gasteiger partial charge >= 0.3 is 0 Å². The number of halogens is 1. The molecule has 8 heteroatoms.